The largest absolute Gasteiger partial charge is 0.480 e. The smallest absolute Gasteiger partial charge is 0.416 e. The van der Waals surface area contributed by atoms with Gasteiger partial charge in [0, 0.05) is 23.6 Å². The van der Waals surface area contributed by atoms with Gasteiger partial charge in [-0.1, -0.05) is 12.1 Å². The van der Waals surface area contributed by atoms with Crippen molar-refractivity contribution in [2.24, 2.45) is 0 Å². The van der Waals surface area contributed by atoms with Crippen molar-refractivity contribution in [3.8, 4) is 0 Å². The van der Waals surface area contributed by atoms with Gasteiger partial charge in [-0.25, -0.2) is 0 Å². The molecule has 1 aliphatic heterocycles. The van der Waals surface area contributed by atoms with Crippen LogP contribution in [0.2, 0.25) is 0 Å². The van der Waals surface area contributed by atoms with Gasteiger partial charge < -0.3 is 9.67 Å². The second-order valence-corrected chi connectivity index (χ2v) is 8.78. The number of halogens is 6. The van der Waals surface area contributed by atoms with E-state index in [1.54, 1.807) is 24.3 Å². The Morgan fingerprint density at radius 2 is 1.69 bits per heavy atom. The van der Waals surface area contributed by atoms with Crippen LogP contribution in [0.15, 0.2) is 53.6 Å². The Labute approximate surface area is 202 Å². The van der Waals surface area contributed by atoms with Crippen LogP contribution in [0.1, 0.15) is 22.3 Å². The number of aromatic nitrogens is 1. The van der Waals surface area contributed by atoms with E-state index in [4.69, 9.17) is 5.11 Å². The summed E-state index contributed by atoms with van der Waals surface area (Å²) in [6, 6.07) is 7.79. The maximum atomic E-state index is 13.5. The number of alkyl halides is 6. The van der Waals surface area contributed by atoms with Crippen LogP contribution < -0.4 is 0 Å². The molecule has 0 bridgehead atoms. The van der Waals surface area contributed by atoms with Crippen molar-refractivity contribution >= 4 is 45.9 Å². The molecule has 0 radical (unpaired) electrons. The number of rotatable bonds is 5. The monoisotopic (exact) mass is 528 g/mol. The lowest BCUT2D eigenvalue weighted by molar-refractivity contribution is -0.143. The molecule has 1 saturated heterocycles. The van der Waals surface area contributed by atoms with E-state index in [1.807, 2.05) is 0 Å². The average molecular weight is 528 g/mol. The van der Waals surface area contributed by atoms with Crippen LogP contribution in [-0.4, -0.2) is 38.2 Å². The zero-order chi connectivity index (χ0) is 26.4. The number of fused-ring (bicyclic) bond motifs is 1. The predicted octanol–water partition coefficient (Wildman–Crippen LogP) is 5.85. The SMILES string of the molecule is O=C(O)CN1C(=O)S/C(=C\c2ccc3c(ccn3Cc3ccc(C(F)(F)F)cc3C(F)(F)F)c2)C1=O. The molecule has 1 aromatic heterocycles. The molecule has 188 valence electrons. The lowest BCUT2D eigenvalue weighted by Crippen LogP contribution is -2.33. The van der Waals surface area contributed by atoms with Crippen molar-refractivity contribution in [3.05, 3.63) is 75.8 Å². The highest BCUT2D eigenvalue weighted by atomic mass is 32.2. The zero-order valence-corrected chi connectivity index (χ0v) is 18.7. The van der Waals surface area contributed by atoms with Crippen molar-refractivity contribution in [2.75, 3.05) is 6.54 Å². The lowest BCUT2D eigenvalue weighted by atomic mass is 10.0. The van der Waals surface area contributed by atoms with E-state index in [-0.39, 0.29) is 23.1 Å². The van der Waals surface area contributed by atoms with Gasteiger partial charge in [0.05, 0.1) is 16.0 Å². The number of benzene rings is 2. The van der Waals surface area contributed by atoms with E-state index >= 15 is 0 Å². The van der Waals surface area contributed by atoms with E-state index in [0.717, 1.165) is 6.07 Å². The average Bonchev–Trinajstić information content (AvgIpc) is 3.27. The van der Waals surface area contributed by atoms with Crippen LogP contribution in [0.5, 0.6) is 0 Å². The minimum absolute atomic E-state index is 0.0135. The molecule has 0 unspecified atom stereocenters. The standard InChI is InChI=1S/C23H14F6N2O4S/c24-22(25,26)15-3-2-14(16(9-15)23(27,28)29)10-30-6-5-13-7-12(1-4-17(13)30)8-18-20(34)31(11-19(32)33)21(35)36-18/h1-9H,10-11H2,(H,32,33)/b18-8-. The van der Waals surface area contributed by atoms with Gasteiger partial charge >= 0.3 is 18.3 Å². The maximum Gasteiger partial charge on any atom is 0.416 e. The molecule has 1 aliphatic rings. The van der Waals surface area contributed by atoms with E-state index in [9.17, 15) is 40.7 Å². The number of hydrogen-bond donors (Lipinski definition) is 1. The Kier molecular flexibility index (Phi) is 6.37. The van der Waals surface area contributed by atoms with Gasteiger partial charge in [-0.3, -0.25) is 19.3 Å². The molecule has 2 aromatic carbocycles. The first kappa shape index (κ1) is 25.4. The molecule has 2 amide bonds. The first-order valence-corrected chi connectivity index (χ1v) is 10.9. The molecule has 0 atom stereocenters. The fourth-order valence-corrected chi connectivity index (χ4v) is 4.55. The second kappa shape index (κ2) is 9.04. The Hall–Kier alpha value is -3.74. The number of hydrogen-bond acceptors (Lipinski definition) is 4. The van der Waals surface area contributed by atoms with Crippen LogP contribution in [0.4, 0.5) is 31.1 Å². The van der Waals surface area contributed by atoms with E-state index in [1.165, 1.54) is 16.8 Å². The molecule has 0 aliphatic carbocycles. The molecular weight excluding hydrogens is 514 g/mol. The van der Waals surface area contributed by atoms with Gasteiger partial charge in [-0.05, 0) is 59.3 Å². The Morgan fingerprint density at radius 3 is 2.33 bits per heavy atom. The molecule has 0 saturated carbocycles. The van der Waals surface area contributed by atoms with Crippen molar-refractivity contribution < 1.29 is 45.8 Å². The number of imide groups is 1. The molecule has 36 heavy (non-hydrogen) atoms. The van der Waals surface area contributed by atoms with Gasteiger partial charge in [0.25, 0.3) is 11.1 Å². The molecule has 0 spiro atoms. The van der Waals surface area contributed by atoms with Crippen LogP contribution in [-0.2, 0) is 28.5 Å². The normalized spacial score (nSPS) is 15.9. The molecule has 13 heteroatoms. The summed E-state index contributed by atoms with van der Waals surface area (Å²) in [5, 5.41) is 8.67. The summed E-state index contributed by atoms with van der Waals surface area (Å²) in [7, 11) is 0. The van der Waals surface area contributed by atoms with E-state index < -0.39 is 47.1 Å². The predicted molar refractivity (Wildman–Crippen MR) is 118 cm³/mol. The minimum Gasteiger partial charge on any atom is -0.480 e. The van der Waals surface area contributed by atoms with Crippen LogP contribution in [0.3, 0.4) is 0 Å². The molecule has 3 aromatic rings. The fourth-order valence-electron chi connectivity index (χ4n) is 3.71. The first-order valence-electron chi connectivity index (χ1n) is 10.1. The van der Waals surface area contributed by atoms with Gasteiger partial charge in [-0.15, -0.1) is 0 Å². The second-order valence-electron chi connectivity index (χ2n) is 7.79. The number of aliphatic carboxylic acids is 1. The minimum atomic E-state index is -4.99. The Balaban J connectivity index is 1.63. The summed E-state index contributed by atoms with van der Waals surface area (Å²) in [5.74, 6) is -2.10. The fraction of sp³-hybridized carbons (Fsp3) is 0.174. The summed E-state index contributed by atoms with van der Waals surface area (Å²) in [5.41, 5.74) is -2.16. The molecular formula is C23H14F6N2O4S. The first-order chi connectivity index (χ1) is 16.7. The van der Waals surface area contributed by atoms with Crippen molar-refractivity contribution in [3.63, 3.8) is 0 Å². The summed E-state index contributed by atoms with van der Waals surface area (Å²) in [6.07, 6.45) is -7.04. The highest BCUT2D eigenvalue weighted by Gasteiger charge is 2.38. The van der Waals surface area contributed by atoms with Crippen LogP contribution in [0.25, 0.3) is 17.0 Å². The number of thioether (sulfide) groups is 1. The topological polar surface area (TPSA) is 79.6 Å². The Bertz CT molecular complexity index is 1420. The molecule has 2 heterocycles. The highest BCUT2D eigenvalue weighted by Crippen LogP contribution is 2.38. The third-order valence-electron chi connectivity index (χ3n) is 5.34. The number of carbonyl (C=O) groups excluding carboxylic acids is 2. The quantitative estimate of drug-likeness (QED) is 0.332. The summed E-state index contributed by atoms with van der Waals surface area (Å²) >= 11 is 0.581. The van der Waals surface area contributed by atoms with Gasteiger partial charge in [0.1, 0.15) is 6.54 Å². The van der Waals surface area contributed by atoms with Crippen molar-refractivity contribution in [1.29, 1.82) is 0 Å². The number of amides is 2. The molecule has 6 nitrogen and oxygen atoms in total. The maximum absolute atomic E-state index is 13.5. The Morgan fingerprint density at radius 1 is 0.972 bits per heavy atom. The van der Waals surface area contributed by atoms with Crippen LogP contribution in [0, 0.1) is 0 Å². The molecule has 1 fully saturated rings. The van der Waals surface area contributed by atoms with Gasteiger partial charge in [0.2, 0.25) is 0 Å². The zero-order valence-electron chi connectivity index (χ0n) is 17.9. The lowest BCUT2D eigenvalue weighted by Gasteiger charge is -2.17. The number of carboxylic acids is 1. The van der Waals surface area contributed by atoms with Gasteiger partial charge in [0.15, 0.2) is 0 Å². The molecule has 4 rings (SSSR count). The summed E-state index contributed by atoms with van der Waals surface area (Å²) in [4.78, 5) is 35.7. The number of carbonyl (C=O) groups is 3. The molecule has 1 N–H and O–H groups in total. The van der Waals surface area contributed by atoms with E-state index in [0.29, 0.717) is 39.2 Å². The summed E-state index contributed by atoms with van der Waals surface area (Å²) < 4.78 is 80.7. The third kappa shape index (κ3) is 5.10. The third-order valence-corrected chi connectivity index (χ3v) is 6.25. The van der Waals surface area contributed by atoms with Crippen molar-refractivity contribution in [2.45, 2.75) is 18.9 Å². The van der Waals surface area contributed by atoms with Crippen molar-refractivity contribution in [1.82, 2.24) is 9.47 Å². The number of carboxylic acid groups (broad SMARTS) is 1. The summed E-state index contributed by atoms with van der Waals surface area (Å²) in [6.45, 7) is -1.11. The number of nitrogens with zero attached hydrogens (tertiary/aromatic N) is 2. The van der Waals surface area contributed by atoms with Crippen LogP contribution >= 0.6 is 11.8 Å². The van der Waals surface area contributed by atoms with E-state index in [2.05, 4.69) is 0 Å². The van der Waals surface area contributed by atoms with Gasteiger partial charge in [-0.2, -0.15) is 26.3 Å². The highest BCUT2D eigenvalue weighted by molar-refractivity contribution is 8.18.